The number of rotatable bonds is 16. The first kappa shape index (κ1) is 40.2. The lowest BCUT2D eigenvalue weighted by molar-refractivity contribution is -0.385. The smallest absolute Gasteiger partial charge is 0.319 e. The van der Waals surface area contributed by atoms with Crippen LogP contribution in [0.4, 0.5) is 22.7 Å². The summed E-state index contributed by atoms with van der Waals surface area (Å²) in [5.74, 6) is 1.09. The van der Waals surface area contributed by atoms with E-state index in [4.69, 9.17) is 32.7 Å². The Balaban J connectivity index is 1.36. The van der Waals surface area contributed by atoms with Gasteiger partial charge in [-0.05, 0) is 77.1 Å². The first-order valence-electron chi connectivity index (χ1n) is 16.9. The van der Waals surface area contributed by atoms with Crippen LogP contribution in [0.2, 0.25) is 0 Å². The van der Waals surface area contributed by atoms with E-state index in [9.17, 15) is 40.5 Å². The minimum atomic E-state index is -2.30. The van der Waals surface area contributed by atoms with Gasteiger partial charge in [-0.1, -0.05) is 28.5 Å². The highest BCUT2D eigenvalue weighted by atomic mass is 31.2. The Hall–Kier alpha value is -7.98. The Labute approximate surface area is 339 Å². The molecule has 0 spiro atoms. The number of nitro groups is 4. The summed E-state index contributed by atoms with van der Waals surface area (Å²) in [5.41, 5.74) is -0.719. The van der Waals surface area contributed by atoms with Crippen LogP contribution in [0, 0.1) is 40.5 Å². The molecular weight excluding hydrogens is 847 g/mol. The molecule has 0 radical (unpaired) electrons. The summed E-state index contributed by atoms with van der Waals surface area (Å²) in [4.78, 5) is 55.7. The molecule has 2 unspecified atom stereocenters. The van der Waals surface area contributed by atoms with E-state index < -0.39 is 35.8 Å². The zero-order valence-electron chi connectivity index (χ0n) is 30.0. The van der Waals surface area contributed by atoms with Gasteiger partial charge in [0.05, 0.1) is 19.7 Å². The third-order valence-corrected chi connectivity index (χ3v) is 12.3. The second kappa shape index (κ2) is 18.1. The van der Waals surface area contributed by atoms with E-state index in [0.29, 0.717) is 5.75 Å². The number of nitrogens with zero attached hydrogens (tertiary/aromatic N) is 7. The van der Waals surface area contributed by atoms with Gasteiger partial charge in [0.2, 0.25) is 5.75 Å². The molecule has 0 saturated heterocycles. The minimum Gasteiger partial charge on any atom is -0.453 e. The predicted octanol–water partition coefficient (Wildman–Crippen LogP) is 10.9. The highest BCUT2D eigenvalue weighted by Crippen LogP contribution is 2.48. The third-order valence-electron chi connectivity index (χ3n) is 7.70. The number of para-hydroxylation sites is 2. The Morgan fingerprint density at radius 1 is 0.467 bits per heavy atom. The highest BCUT2D eigenvalue weighted by Gasteiger charge is 2.24. The van der Waals surface area contributed by atoms with E-state index in [-0.39, 0.29) is 71.5 Å². The van der Waals surface area contributed by atoms with Crippen molar-refractivity contribution in [2.24, 2.45) is 0 Å². The van der Waals surface area contributed by atoms with Crippen LogP contribution in [-0.2, 0) is 0 Å². The molecule has 0 amide bonds. The zero-order chi connectivity index (χ0) is 42.2. The van der Waals surface area contributed by atoms with E-state index in [1.807, 2.05) is 0 Å². The lowest BCUT2D eigenvalue weighted by Gasteiger charge is -2.21. The molecule has 302 valence electrons. The van der Waals surface area contributed by atoms with Crippen LogP contribution >= 0.6 is 24.7 Å². The van der Waals surface area contributed by atoms with Gasteiger partial charge < -0.3 is 28.2 Å². The molecule has 0 aliphatic carbocycles. The lowest BCUT2D eigenvalue weighted by atomic mass is 10.2. The van der Waals surface area contributed by atoms with Gasteiger partial charge >= 0.3 is 16.2 Å². The normalized spacial score (nSPS) is 11.3. The molecule has 6 aromatic carbocycles. The first-order chi connectivity index (χ1) is 29.0. The van der Waals surface area contributed by atoms with Crippen molar-refractivity contribution in [3.8, 4) is 46.0 Å². The molecule has 0 fully saturated rings. The summed E-state index contributed by atoms with van der Waals surface area (Å²) in [6, 6.07) is 34.2. The first-order valence-corrected chi connectivity index (χ1v) is 20.0. The molecule has 1 aromatic heterocycles. The molecule has 1 heterocycles. The van der Waals surface area contributed by atoms with Crippen LogP contribution in [0.5, 0.6) is 46.0 Å². The van der Waals surface area contributed by atoms with Crippen LogP contribution in [0.15, 0.2) is 146 Å². The Morgan fingerprint density at radius 2 is 0.917 bits per heavy atom. The molecule has 7 rings (SSSR count). The quantitative estimate of drug-likeness (QED) is 0.0646. The van der Waals surface area contributed by atoms with Gasteiger partial charge in [0.15, 0.2) is 31.5 Å². The van der Waals surface area contributed by atoms with E-state index in [1.165, 1.54) is 112 Å². The van der Waals surface area contributed by atoms with Crippen molar-refractivity contribution >= 4 is 47.4 Å². The number of ether oxygens (including phenoxy) is 2. The zero-order valence-corrected chi connectivity index (χ0v) is 32.7. The number of hydrogen-bond acceptors (Lipinski definition) is 15. The van der Waals surface area contributed by atoms with Crippen molar-refractivity contribution in [3.63, 3.8) is 0 Å². The molecule has 0 aliphatic heterocycles. The predicted molar refractivity (Wildman–Crippen MR) is 215 cm³/mol. The van der Waals surface area contributed by atoms with Crippen molar-refractivity contribution in [2.45, 2.75) is 0 Å². The van der Waals surface area contributed by atoms with Crippen LogP contribution in [0.1, 0.15) is 0 Å². The van der Waals surface area contributed by atoms with E-state index in [0.717, 1.165) is 0 Å². The molecule has 21 nitrogen and oxygen atoms in total. The maximum absolute atomic E-state index is 11.4. The molecular formula is C36H24N7O14P3. The SMILES string of the molecule is O=[N+]([O-])c1ccc(Oc2cccc(Op3npn(Oc4ccc([N+](=O)[O-])cc4)p(Oc4ccc([N+](=O)[O-])cc4)n3Oc3ccccc3)c2Oc2ccc([N+](=O)[O-])cc2)cc1. The minimum absolute atomic E-state index is 0.0242. The standard InChI is InChI=1S/C36H24N7O14P3/c44-38(45)25-9-17-29(18-10-25)52-34-7-4-8-35(36(34)53-30-19-11-26(12-20-30)39(46)47)57-59-37-58-42(54-32-21-13-27(14-22-32)40(48)49)60(43(59)55-31-5-2-1-3-6-31)56-33-23-15-28(16-24-33)41(50)51/h1-24H. The van der Waals surface area contributed by atoms with Crippen LogP contribution in [0.25, 0.3) is 0 Å². The average Bonchev–Trinajstić information content (AvgIpc) is 3.25. The van der Waals surface area contributed by atoms with Gasteiger partial charge in [-0.3, -0.25) is 40.5 Å². The van der Waals surface area contributed by atoms with E-state index in [1.54, 1.807) is 42.5 Å². The molecule has 0 aliphatic rings. The maximum atomic E-state index is 11.4. The van der Waals surface area contributed by atoms with Gasteiger partial charge in [-0.25, -0.2) is 0 Å². The average molecular weight is 872 g/mol. The van der Waals surface area contributed by atoms with Crippen LogP contribution in [0.3, 0.4) is 0 Å². The lowest BCUT2D eigenvalue weighted by Crippen LogP contribution is -2.14. The fourth-order valence-electron chi connectivity index (χ4n) is 4.89. The fourth-order valence-corrected chi connectivity index (χ4v) is 9.84. The maximum Gasteiger partial charge on any atom is 0.319 e. The fraction of sp³-hybridized carbons (Fsp3) is 0. The summed E-state index contributed by atoms with van der Waals surface area (Å²) < 4.78 is 32.6. The number of aromatic nitrogens is 3. The van der Waals surface area contributed by atoms with Gasteiger partial charge in [0.25, 0.3) is 22.7 Å². The monoisotopic (exact) mass is 871 g/mol. The van der Waals surface area contributed by atoms with Crippen molar-refractivity contribution in [3.05, 3.63) is 186 Å². The molecule has 0 bridgehead atoms. The van der Waals surface area contributed by atoms with Gasteiger partial charge in [-0.2, -0.15) is 0 Å². The Bertz CT molecular complexity index is 2720. The molecule has 0 saturated carbocycles. The van der Waals surface area contributed by atoms with Crippen molar-refractivity contribution in [1.82, 2.24) is 13.0 Å². The second-order valence-electron chi connectivity index (χ2n) is 11.7. The third kappa shape index (κ3) is 9.75. The van der Waals surface area contributed by atoms with Gasteiger partial charge in [0.1, 0.15) is 17.2 Å². The summed E-state index contributed by atoms with van der Waals surface area (Å²) in [5, 5.41) is 45.4. The van der Waals surface area contributed by atoms with Crippen LogP contribution in [-0.4, -0.2) is 32.7 Å². The summed E-state index contributed by atoms with van der Waals surface area (Å²) in [7, 11) is -4.48. The largest absolute Gasteiger partial charge is 0.453 e. The second-order valence-corrected chi connectivity index (χ2v) is 16.0. The van der Waals surface area contributed by atoms with Crippen LogP contribution < -0.4 is 28.2 Å². The summed E-state index contributed by atoms with van der Waals surface area (Å²) in [6.45, 7) is 0. The molecule has 24 heteroatoms. The Morgan fingerprint density at radius 3 is 1.43 bits per heavy atom. The number of non-ortho nitro benzene ring substituents is 4. The topological polar surface area (TPSA) is 251 Å². The summed E-state index contributed by atoms with van der Waals surface area (Å²) in [6.07, 6.45) is 0. The molecule has 7 aromatic rings. The molecule has 0 N–H and O–H groups in total. The summed E-state index contributed by atoms with van der Waals surface area (Å²) >= 11 is 0. The molecule has 60 heavy (non-hydrogen) atoms. The number of hydrogen-bond donors (Lipinski definition) is 0. The van der Waals surface area contributed by atoms with E-state index >= 15 is 0 Å². The number of benzene rings is 6. The number of nitro benzene ring substituents is 4. The van der Waals surface area contributed by atoms with Gasteiger partial charge in [0, 0.05) is 48.5 Å². The van der Waals surface area contributed by atoms with Crippen molar-refractivity contribution in [1.29, 1.82) is 0 Å². The van der Waals surface area contributed by atoms with E-state index in [2.05, 4.69) is 0 Å². The van der Waals surface area contributed by atoms with Crippen molar-refractivity contribution in [2.75, 3.05) is 0 Å². The van der Waals surface area contributed by atoms with Gasteiger partial charge in [-0.15, -0.1) is 4.51 Å². The Kier molecular flexibility index (Phi) is 12.1. The molecule has 2 atom stereocenters. The highest BCUT2D eigenvalue weighted by molar-refractivity contribution is 7.56. The van der Waals surface area contributed by atoms with Crippen molar-refractivity contribution < 1.29 is 47.9 Å².